The predicted octanol–water partition coefficient (Wildman–Crippen LogP) is 4.74. The van der Waals surface area contributed by atoms with E-state index >= 15 is 0 Å². The van der Waals surface area contributed by atoms with Gasteiger partial charge in [0.25, 0.3) is 0 Å². The molecule has 1 amide bonds. The molecule has 0 heterocycles. The molecular formula is C19H34N2O4. The smallest absolute Gasteiger partial charge is 0.433 e. The fourth-order valence-corrected chi connectivity index (χ4v) is 2.13. The van der Waals surface area contributed by atoms with E-state index in [4.69, 9.17) is 9.57 Å². The van der Waals surface area contributed by atoms with Crippen molar-refractivity contribution in [2.24, 2.45) is 5.16 Å². The molecule has 0 atom stereocenters. The van der Waals surface area contributed by atoms with Crippen molar-refractivity contribution in [3.63, 3.8) is 0 Å². The summed E-state index contributed by atoms with van der Waals surface area (Å²) < 4.78 is 4.84. The van der Waals surface area contributed by atoms with E-state index in [0.717, 1.165) is 18.6 Å². The van der Waals surface area contributed by atoms with Gasteiger partial charge in [0.05, 0.1) is 12.3 Å². The number of oxime groups is 1. The van der Waals surface area contributed by atoms with Crippen molar-refractivity contribution in [3.8, 4) is 0 Å². The first-order valence-corrected chi connectivity index (χ1v) is 9.28. The van der Waals surface area contributed by atoms with E-state index in [0.29, 0.717) is 5.57 Å². The van der Waals surface area contributed by atoms with Crippen LogP contribution in [0.5, 0.6) is 0 Å². The average molecular weight is 354 g/mol. The maximum absolute atomic E-state index is 11.4. The third kappa shape index (κ3) is 15.4. The standard InChI is InChI=1S/C19H34N2O4/c1-5-6-7-8-9-10-11-12-13-17(4)21-25-19(23)20-14-15-24-18(22)16(2)3/h2,5-15H2,1,3-4H3,(H,20,23)/b21-17+. The van der Waals surface area contributed by atoms with E-state index in [9.17, 15) is 9.59 Å². The van der Waals surface area contributed by atoms with Crippen molar-refractivity contribution >= 4 is 17.8 Å². The number of nitrogens with zero attached hydrogens (tertiary/aromatic N) is 1. The fourth-order valence-electron chi connectivity index (χ4n) is 2.13. The highest BCUT2D eigenvalue weighted by molar-refractivity contribution is 5.86. The van der Waals surface area contributed by atoms with Crippen molar-refractivity contribution in [1.29, 1.82) is 0 Å². The zero-order chi connectivity index (χ0) is 18.9. The van der Waals surface area contributed by atoms with Crippen molar-refractivity contribution in [2.75, 3.05) is 13.2 Å². The molecule has 0 saturated carbocycles. The third-order valence-electron chi connectivity index (χ3n) is 3.63. The van der Waals surface area contributed by atoms with Crippen LogP contribution in [-0.4, -0.2) is 30.9 Å². The van der Waals surface area contributed by atoms with Gasteiger partial charge in [-0.05, 0) is 26.7 Å². The van der Waals surface area contributed by atoms with Crippen LogP contribution in [0.1, 0.15) is 78.6 Å². The summed E-state index contributed by atoms with van der Waals surface area (Å²) in [4.78, 5) is 27.3. The summed E-state index contributed by atoms with van der Waals surface area (Å²) in [5.74, 6) is -0.477. The molecule has 144 valence electrons. The number of carbonyl (C=O) groups excluding carboxylic acids is 2. The van der Waals surface area contributed by atoms with Crippen LogP contribution >= 0.6 is 0 Å². The van der Waals surface area contributed by atoms with Crippen LogP contribution in [0.25, 0.3) is 0 Å². The first-order chi connectivity index (χ1) is 12.0. The number of hydrogen-bond acceptors (Lipinski definition) is 5. The van der Waals surface area contributed by atoms with E-state index in [2.05, 4.69) is 24.0 Å². The van der Waals surface area contributed by atoms with Crippen LogP contribution in [0.15, 0.2) is 17.3 Å². The van der Waals surface area contributed by atoms with Crippen LogP contribution in [0.3, 0.4) is 0 Å². The highest BCUT2D eigenvalue weighted by Crippen LogP contribution is 2.10. The van der Waals surface area contributed by atoms with Gasteiger partial charge in [0.1, 0.15) is 6.61 Å². The topological polar surface area (TPSA) is 77.0 Å². The van der Waals surface area contributed by atoms with E-state index in [1.165, 1.54) is 44.9 Å². The Bertz CT molecular complexity index is 433. The summed E-state index contributed by atoms with van der Waals surface area (Å²) in [6, 6.07) is 0. The summed E-state index contributed by atoms with van der Waals surface area (Å²) in [5, 5.41) is 6.27. The van der Waals surface area contributed by atoms with Crippen molar-refractivity contribution in [2.45, 2.75) is 78.6 Å². The Morgan fingerprint density at radius 2 is 1.60 bits per heavy atom. The van der Waals surface area contributed by atoms with Gasteiger partial charge < -0.3 is 10.1 Å². The lowest BCUT2D eigenvalue weighted by Crippen LogP contribution is -2.27. The second kappa shape index (κ2) is 15.7. The molecule has 0 aromatic heterocycles. The van der Waals surface area contributed by atoms with Crippen LogP contribution in [-0.2, 0) is 14.4 Å². The minimum absolute atomic E-state index is 0.0712. The molecule has 6 nitrogen and oxygen atoms in total. The average Bonchev–Trinajstić information content (AvgIpc) is 2.58. The Morgan fingerprint density at radius 3 is 2.20 bits per heavy atom. The lowest BCUT2D eigenvalue weighted by Gasteiger charge is -2.05. The molecule has 0 unspecified atom stereocenters. The maximum Gasteiger partial charge on any atom is 0.433 e. The second-order valence-electron chi connectivity index (χ2n) is 6.27. The number of unbranched alkanes of at least 4 members (excludes halogenated alkanes) is 7. The van der Waals surface area contributed by atoms with Crippen molar-refractivity contribution in [3.05, 3.63) is 12.2 Å². The maximum atomic E-state index is 11.4. The molecule has 0 aliphatic heterocycles. The highest BCUT2D eigenvalue weighted by atomic mass is 16.7. The van der Waals surface area contributed by atoms with Gasteiger partial charge in [0.15, 0.2) is 0 Å². The van der Waals surface area contributed by atoms with Gasteiger partial charge >= 0.3 is 12.1 Å². The fraction of sp³-hybridized carbons (Fsp3) is 0.737. The first-order valence-electron chi connectivity index (χ1n) is 9.28. The lowest BCUT2D eigenvalue weighted by atomic mass is 10.1. The number of amides is 1. The number of ether oxygens (including phenoxy) is 1. The molecule has 0 saturated heterocycles. The summed E-state index contributed by atoms with van der Waals surface area (Å²) in [6.07, 6.45) is 10.2. The van der Waals surface area contributed by atoms with Crippen LogP contribution in [0.4, 0.5) is 4.79 Å². The van der Waals surface area contributed by atoms with Gasteiger partial charge in [-0.3, -0.25) is 4.84 Å². The summed E-state index contributed by atoms with van der Waals surface area (Å²) >= 11 is 0. The second-order valence-corrected chi connectivity index (χ2v) is 6.27. The van der Waals surface area contributed by atoms with Gasteiger partial charge in [-0.1, -0.05) is 63.6 Å². The van der Waals surface area contributed by atoms with E-state index < -0.39 is 12.1 Å². The van der Waals surface area contributed by atoms with E-state index in [1.807, 2.05) is 6.92 Å². The molecule has 1 N–H and O–H groups in total. The van der Waals surface area contributed by atoms with E-state index in [-0.39, 0.29) is 13.2 Å². The number of rotatable bonds is 14. The van der Waals surface area contributed by atoms with E-state index in [1.54, 1.807) is 6.92 Å². The molecule has 6 heteroatoms. The van der Waals surface area contributed by atoms with Gasteiger partial charge in [-0.2, -0.15) is 0 Å². The highest BCUT2D eigenvalue weighted by Gasteiger charge is 2.05. The monoisotopic (exact) mass is 354 g/mol. The molecule has 0 aliphatic rings. The van der Waals surface area contributed by atoms with Gasteiger partial charge in [-0.15, -0.1) is 0 Å². The Labute approximate surface area is 152 Å². The van der Waals surface area contributed by atoms with Crippen molar-refractivity contribution in [1.82, 2.24) is 5.32 Å². The Hall–Kier alpha value is -1.85. The molecule has 0 fully saturated rings. The lowest BCUT2D eigenvalue weighted by molar-refractivity contribution is -0.138. The summed E-state index contributed by atoms with van der Waals surface area (Å²) in [5.41, 5.74) is 1.12. The van der Waals surface area contributed by atoms with Crippen molar-refractivity contribution < 1.29 is 19.2 Å². The minimum Gasteiger partial charge on any atom is -0.460 e. The first kappa shape index (κ1) is 23.1. The third-order valence-corrected chi connectivity index (χ3v) is 3.63. The zero-order valence-corrected chi connectivity index (χ0v) is 16.1. The Balaban J connectivity index is 3.60. The number of hydrogen-bond donors (Lipinski definition) is 1. The number of nitrogens with one attached hydrogen (secondary N) is 1. The number of carbonyl (C=O) groups is 2. The predicted molar refractivity (Wildman–Crippen MR) is 101 cm³/mol. The molecule has 0 aromatic carbocycles. The van der Waals surface area contributed by atoms with Gasteiger partial charge in [0.2, 0.25) is 0 Å². The van der Waals surface area contributed by atoms with Gasteiger partial charge in [-0.25, -0.2) is 9.59 Å². The van der Waals surface area contributed by atoms with Gasteiger partial charge in [0, 0.05) is 5.57 Å². The minimum atomic E-state index is -0.651. The SMILES string of the molecule is C=C(C)C(=O)OCCNC(=O)O/N=C(\C)CCCCCCCCCC. The summed E-state index contributed by atoms with van der Waals surface area (Å²) in [7, 11) is 0. The molecule has 0 aliphatic carbocycles. The van der Waals surface area contributed by atoms with Crippen LogP contribution < -0.4 is 5.32 Å². The molecule has 0 spiro atoms. The number of esters is 1. The Kier molecular flexibility index (Phi) is 14.5. The largest absolute Gasteiger partial charge is 0.460 e. The molecule has 0 rings (SSSR count). The van der Waals surface area contributed by atoms with Crippen LogP contribution in [0.2, 0.25) is 0 Å². The van der Waals surface area contributed by atoms with Crippen LogP contribution in [0, 0.1) is 0 Å². The Morgan fingerprint density at radius 1 is 1.00 bits per heavy atom. The molecule has 0 bridgehead atoms. The normalized spacial score (nSPS) is 11.1. The molecule has 25 heavy (non-hydrogen) atoms. The molecule has 0 aromatic rings. The quantitative estimate of drug-likeness (QED) is 0.122. The molecule has 0 radical (unpaired) electrons. The zero-order valence-electron chi connectivity index (χ0n) is 16.1. The molecular weight excluding hydrogens is 320 g/mol. The summed E-state index contributed by atoms with van der Waals surface area (Å²) in [6.45, 7) is 9.35.